The predicted molar refractivity (Wildman–Crippen MR) is 82.8 cm³/mol. The maximum absolute atomic E-state index is 6.04. The van der Waals surface area contributed by atoms with Gasteiger partial charge in [0.15, 0.2) is 0 Å². The maximum Gasteiger partial charge on any atom is 0.120 e. The zero-order chi connectivity index (χ0) is 14.1. The molecule has 102 valence electrons. The summed E-state index contributed by atoms with van der Waals surface area (Å²) in [5.41, 5.74) is 10.2. The van der Waals surface area contributed by atoms with Gasteiger partial charge in [-0.1, -0.05) is 24.3 Å². The summed E-state index contributed by atoms with van der Waals surface area (Å²) < 4.78 is 7.94. The van der Waals surface area contributed by atoms with Crippen molar-refractivity contribution in [2.45, 2.75) is 13.5 Å². The Balaban J connectivity index is 1.90. The highest BCUT2D eigenvalue weighted by molar-refractivity contribution is 5.93. The summed E-state index contributed by atoms with van der Waals surface area (Å²) in [5, 5.41) is 1.15. The molecule has 2 aromatic carbocycles. The number of hydrogen-bond donors (Lipinski definition) is 1. The number of aryl methyl sites for hydroxylation is 2. The lowest BCUT2D eigenvalue weighted by atomic mass is 10.1. The molecule has 0 radical (unpaired) electrons. The fraction of sp³-hybridized carbons (Fsp3) is 0.176. The van der Waals surface area contributed by atoms with Crippen LogP contribution >= 0.6 is 0 Å². The van der Waals surface area contributed by atoms with Crippen LogP contribution in [0.2, 0.25) is 0 Å². The summed E-state index contributed by atoms with van der Waals surface area (Å²) in [5.74, 6) is 0.894. The van der Waals surface area contributed by atoms with Gasteiger partial charge in [-0.05, 0) is 30.7 Å². The molecule has 0 amide bonds. The lowest BCUT2D eigenvalue weighted by Gasteiger charge is -2.06. The quantitative estimate of drug-likeness (QED) is 0.735. The fourth-order valence-electron chi connectivity index (χ4n) is 2.56. The minimum Gasteiger partial charge on any atom is -0.489 e. The second-order valence-corrected chi connectivity index (χ2v) is 5.11. The molecule has 0 aliphatic carbocycles. The third-order valence-corrected chi connectivity index (χ3v) is 3.50. The van der Waals surface area contributed by atoms with Crippen LogP contribution in [-0.4, -0.2) is 4.57 Å². The summed E-state index contributed by atoms with van der Waals surface area (Å²) in [4.78, 5) is 0. The Morgan fingerprint density at radius 2 is 1.95 bits per heavy atom. The number of hydrogen-bond acceptors (Lipinski definition) is 2. The first kappa shape index (κ1) is 12.6. The maximum atomic E-state index is 6.04. The van der Waals surface area contributed by atoms with Crippen molar-refractivity contribution in [3.63, 3.8) is 0 Å². The molecule has 20 heavy (non-hydrogen) atoms. The van der Waals surface area contributed by atoms with Crippen LogP contribution in [0.15, 0.2) is 48.7 Å². The van der Waals surface area contributed by atoms with Gasteiger partial charge >= 0.3 is 0 Å². The monoisotopic (exact) mass is 266 g/mol. The zero-order valence-electron chi connectivity index (χ0n) is 11.8. The minimum atomic E-state index is 0.546. The van der Waals surface area contributed by atoms with Gasteiger partial charge in [-0.2, -0.15) is 0 Å². The molecular formula is C17H18N2O. The van der Waals surface area contributed by atoms with Gasteiger partial charge in [-0.25, -0.2) is 0 Å². The van der Waals surface area contributed by atoms with Crippen molar-refractivity contribution in [1.82, 2.24) is 4.57 Å². The summed E-state index contributed by atoms with van der Waals surface area (Å²) in [6.45, 7) is 2.61. The highest BCUT2D eigenvalue weighted by atomic mass is 16.5. The molecule has 0 aliphatic heterocycles. The second-order valence-electron chi connectivity index (χ2n) is 5.11. The molecule has 0 fully saturated rings. The number of benzene rings is 2. The number of fused-ring (bicyclic) bond motifs is 1. The normalized spacial score (nSPS) is 10.9. The smallest absolute Gasteiger partial charge is 0.120 e. The first-order valence-electron chi connectivity index (χ1n) is 6.67. The van der Waals surface area contributed by atoms with E-state index in [2.05, 4.69) is 29.8 Å². The molecule has 3 rings (SSSR count). The summed E-state index contributed by atoms with van der Waals surface area (Å²) >= 11 is 0. The zero-order valence-corrected chi connectivity index (χ0v) is 11.8. The highest BCUT2D eigenvalue weighted by Crippen LogP contribution is 2.26. The minimum absolute atomic E-state index is 0.546. The van der Waals surface area contributed by atoms with Crippen molar-refractivity contribution >= 4 is 16.6 Å². The number of nitrogens with two attached hydrogens (primary N) is 1. The van der Waals surface area contributed by atoms with Crippen LogP contribution < -0.4 is 10.5 Å². The molecule has 1 aromatic heterocycles. The molecule has 0 aliphatic rings. The van der Waals surface area contributed by atoms with Gasteiger partial charge in [0, 0.05) is 24.2 Å². The lowest BCUT2D eigenvalue weighted by molar-refractivity contribution is 0.307. The van der Waals surface area contributed by atoms with E-state index in [9.17, 15) is 0 Å². The van der Waals surface area contributed by atoms with Crippen LogP contribution in [0.4, 0.5) is 5.69 Å². The number of nitrogens with zero attached hydrogens (tertiary/aromatic N) is 1. The predicted octanol–water partition coefficient (Wildman–Crippen LogP) is 3.65. The van der Waals surface area contributed by atoms with Crippen LogP contribution in [0, 0.1) is 6.92 Å². The molecule has 3 heteroatoms. The average molecular weight is 266 g/mol. The number of para-hydroxylation sites is 1. The number of anilines is 1. The summed E-state index contributed by atoms with van der Waals surface area (Å²) in [7, 11) is 2.01. The van der Waals surface area contributed by atoms with Gasteiger partial charge in [-0.3, -0.25) is 0 Å². The Hall–Kier alpha value is -2.42. The van der Waals surface area contributed by atoms with Crippen LogP contribution in [0.5, 0.6) is 5.75 Å². The van der Waals surface area contributed by atoms with E-state index in [1.807, 2.05) is 37.4 Å². The fourth-order valence-corrected chi connectivity index (χ4v) is 2.56. The second kappa shape index (κ2) is 4.93. The first-order chi connectivity index (χ1) is 9.65. The Morgan fingerprint density at radius 3 is 2.75 bits per heavy atom. The van der Waals surface area contributed by atoms with Crippen molar-refractivity contribution in [3.05, 3.63) is 59.8 Å². The Bertz CT molecular complexity index is 759. The van der Waals surface area contributed by atoms with Crippen LogP contribution in [0.1, 0.15) is 11.1 Å². The van der Waals surface area contributed by atoms with E-state index >= 15 is 0 Å². The van der Waals surface area contributed by atoms with Gasteiger partial charge < -0.3 is 15.0 Å². The number of ether oxygens (including phenoxy) is 1. The topological polar surface area (TPSA) is 40.2 Å². The molecule has 0 saturated carbocycles. The van der Waals surface area contributed by atoms with E-state index in [4.69, 9.17) is 10.5 Å². The molecule has 0 unspecified atom stereocenters. The molecule has 1 heterocycles. The van der Waals surface area contributed by atoms with Crippen molar-refractivity contribution < 1.29 is 4.74 Å². The van der Waals surface area contributed by atoms with Crippen LogP contribution in [0.25, 0.3) is 10.9 Å². The van der Waals surface area contributed by atoms with Gasteiger partial charge in [-0.15, -0.1) is 0 Å². The van der Waals surface area contributed by atoms with Gasteiger partial charge in [0.2, 0.25) is 0 Å². The van der Waals surface area contributed by atoms with E-state index in [0.29, 0.717) is 6.61 Å². The molecule has 3 aromatic rings. The molecule has 0 bridgehead atoms. The van der Waals surface area contributed by atoms with Crippen LogP contribution in [-0.2, 0) is 13.7 Å². The molecular weight excluding hydrogens is 248 g/mol. The van der Waals surface area contributed by atoms with Crippen LogP contribution in [0.3, 0.4) is 0 Å². The van der Waals surface area contributed by atoms with Crippen molar-refractivity contribution in [2.75, 3.05) is 5.73 Å². The number of rotatable bonds is 3. The molecule has 2 N–H and O–H groups in total. The molecule has 0 saturated heterocycles. The van der Waals surface area contributed by atoms with Crippen molar-refractivity contribution in [3.8, 4) is 5.75 Å². The van der Waals surface area contributed by atoms with E-state index in [-0.39, 0.29) is 0 Å². The third-order valence-electron chi connectivity index (χ3n) is 3.50. The molecule has 0 atom stereocenters. The number of nitrogen functional groups attached to an aromatic ring is 1. The summed E-state index contributed by atoms with van der Waals surface area (Å²) in [6.07, 6.45) is 2.08. The standard InChI is InChI=1S/C17H18N2O/c1-12-5-3-6-14(9-12)20-11-13-10-19(2)17-15(13)7-4-8-16(17)18/h3-10H,11,18H2,1-2H3. The Kier molecular flexibility index (Phi) is 3.11. The van der Waals surface area contributed by atoms with Gasteiger partial charge in [0.25, 0.3) is 0 Å². The third kappa shape index (κ3) is 2.23. The van der Waals surface area contributed by atoms with E-state index in [1.54, 1.807) is 0 Å². The molecule has 3 nitrogen and oxygen atoms in total. The average Bonchev–Trinajstić information content (AvgIpc) is 2.75. The van der Waals surface area contributed by atoms with E-state index in [0.717, 1.165) is 27.9 Å². The lowest BCUT2D eigenvalue weighted by Crippen LogP contribution is -1.94. The Labute approximate surface area is 118 Å². The largest absolute Gasteiger partial charge is 0.489 e. The number of aromatic nitrogens is 1. The molecule has 0 spiro atoms. The summed E-state index contributed by atoms with van der Waals surface area (Å²) in [6, 6.07) is 14.1. The van der Waals surface area contributed by atoms with Crippen molar-refractivity contribution in [2.24, 2.45) is 7.05 Å². The highest BCUT2D eigenvalue weighted by Gasteiger charge is 2.09. The van der Waals surface area contributed by atoms with Gasteiger partial charge in [0.1, 0.15) is 12.4 Å². The van der Waals surface area contributed by atoms with Crippen molar-refractivity contribution in [1.29, 1.82) is 0 Å². The van der Waals surface area contributed by atoms with Gasteiger partial charge in [0.05, 0.1) is 11.2 Å². The van der Waals surface area contributed by atoms with E-state index in [1.165, 1.54) is 5.56 Å². The Morgan fingerprint density at radius 1 is 1.15 bits per heavy atom. The van der Waals surface area contributed by atoms with E-state index < -0.39 is 0 Å². The first-order valence-corrected chi connectivity index (χ1v) is 6.67. The SMILES string of the molecule is Cc1cccc(OCc2cn(C)c3c(N)cccc23)c1.